The lowest BCUT2D eigenvalue weighted by molar-refractivity contribution is 0.432. The average Bonchev–Trinajstić information content (AvgIpc) is 2.98. The minimum Gasteiger partial charge on any atom is -0.376 e. The molecule has 1 aromatic heterocycles. The van der Waals surface area contributed by atoms with E-state index in [0.717, 1.165) is 16.8 Å². The van der Waals surface area contributed by atoms with Crippen molar-refractivity contribution in [3.8, 4) is 22.8 Å². The van der Waals surface area contributed by atoms with Gasteiger partial charge in [0.1, 0.15) is 0 Å². The summed E-state index contributed by atoms with van der Waals surface area (Å²) in [5.74, 6) is 1.03. The molecule has 0 aliphatic carbocycles. The van der Waals surface area contributed by atoms with Crippen LogP contribution in [0, 0.1) is 0 Å². The molecule has 0 unspecified atom stereocenters. The van der Waals surface area contributed by atoms with Gasteiger partial charge in [0.2, 0.25) is 5.82 Å². The third-order valence-electron chi connectivity index (χ3n) is 2.86. The van der Waals surface area contributed by atoms with Crippen LogP contribution in [0.25, 0.3) is 22.8 Å². The number of benzene rings is 2. The van der Waals surface area contributed by atoms with E-state index in [1.165, 1.54) is 0 Å². The molecule has 0 aliphatic rings. The van der Waals surface area contributed by atoms with Crippen molar-refractivity contribution in [2.75, 3.05) is 5.32 Å². The molecule has 3 aromatic rings. The Morgan fingerprint density at radius 3 is 2.38 bits per heavy atom. The zero-order chi connectivity index (χ0) is 14.7. The van der Waals surface area contributed by atoms with Gasteiger partial charge in [0.25, 0.3) is 5.89 Å². The summed E-state index contributed by atoms with van der Waals surface area (Å²) in [4.78, 5) is 4.39. The van der Waals surface area contributed by atoms with Gasteiger partial charge in [0.05, 0.1) is 0 Å². The van der Waals surface area contributed by atoms with Crippen LogP contribution in [0.4, 0.5) is 5.69 Å². The summed E-state index contributed by atoms with van der Waals surface area (Å²) in [5.41, 5.74) is 7.98. The summed E-state index contributed by atoms with van der Waals surface area (Å²) in [6.07, 6.45) is 0. The van der Waals surface area contributed by atoms with E-state index in [1.807, 2.05) is 54.6 Å². The van der Waals surface area contributed by atoms with E-state index in [1.54, 1.807) is 0 Å². The Hall–Kier alpha value is -2.73. The Labute approximate surface area is 126 Å². The fourth-order valence-electron chi connectivity index (χ4n) is 1.88. The molecule has 0 saturated carbocycles. The van der Waals surface area contributed by atoms with Crippen LogP contribution in [0.5, 0.6) is 0 Å². The summed E-state index contributed by atoms with van der Waals surface area (Å²) in [5, 5.41) is 7.08. The van der Waals surface area contributed by atoms with Gasteiger partial charge in [-0.2, -0.15) is 4.98 Å². The molecular weight excluding hydrogens is 284 g/mol. The molecule has 0 spiro atoms. The second-order valence-electron chi connectivity index (χ2n) is 4.36. The molecule has 2 aromatic carbocycles. The molecule has 0 amide bonds. The Bertz CT molecular complexity index is 753. The highest BCUT2D eigenvalue weighted by Gasteiger charge is 2.10. The number of rotatable bonds is 3. The topological polar surface area (TPSA) is 77.0 Å². The number of thiocarbonyl (C=S) groups is 1. The van der Waals surface area contributed by atoms with E-state index in [4.69, 9.17) is 22.5 Å². The predicted molar refractivity (Wildman–Crippen MR) is 85.6 cm³/mol. The summed E-state index contributed by atoms with van der Waals surface area (Å²) >= 11 is 4.79. The number of aromatic nitrogens is 2. The van der Waals surface area contributed by atoms with E-state index in [0.29, 0.717) is 11.7 Å². The van der Waals surface area contributed by atoms with Gasteiger partial charge in [-0.05, 0) is 36.5 Å². The van der Waals surface area contributed by atoms with Crippen LogP contribution >= 0.6 is 12.2 Å². The number of nitrogens with two attached hydrogens (primary N) is 1. The lowest BCUT2D eigenvalue weighted by atomic mass is 10.2. The number of hydrogen-bond donors (Lipinski definition) is 2. The monoisotopic (exact) mass is 296 g/mol. The van der Waals surface area contributed by atoms with Crippen LogP contribution in [0.2, 0.25) is 0 Å². The van der Waals surface area contributed by atoms with Crippen LogP contribution in [0.15, 0.2) is 59.1 Å². The van der Waals surface area contributed by atoms with Crippen LogP contribution < -0.4 is 11.1 Å². The molecule has 0 aliphatic heterocycles. The SMILES string of the molecule is NC(=S)Nc1ccc(-c2nc(-c3ccccc3)no2)cc1. The van der Waals surface area contributed by atoms with E-state index in [9.17, 15) is 0 Å². The molecule has 0 fully saturated rings. The Balaban J connectivity index is 1.85. The number of nitrogens with one attached hydrogen (secondary N) is 1. The maximum absolute atomic E-state index is 5.42. The maximum Gasteiger partial charge on any atom is 0.258 e. The normalized spacial score (nSPS) is 10.3. The van der Waals surface area contributed by atoms with Gasteiger partial charge in [-0.25, -0.2) is 0 Å². The van der Waals surface area contributed by atoms with Crippen molar-refractivity contribution in [2.45, 2.75) is 0 Å². The molecule has 6 heteroatoms. The van der Waals surface area contributed by atoms with Crippen molar-refractivity contribution >= 4 is 23.0 Å². The third-order valence-corrected chi connectivity index (χ3v) is 2.96. The lowest BCUT2D eigenvalue weighted by Gasteiger charge is -2.03. The first kappa shape index (κ1) is 13.3. The van der Waals surface area contributed by atoms with Gasteiger partial charge < -0.3 is 15.6 Å². The van der Waals surface area contributed by atoms with Gasteiger partial charge >= 0.3 is 0 Å². The van der Waals surface area contributed by atoms with E-state index >= 15 is 0 Å². The molecule has 0 bridgehead atoms. The molecule has 1 heterocycles. The Morgan fingerprint density at radius 2 is 1.71 bits per heavy atom. The predicted octanol–water partition coefficient (Wildman–Crippen LogP) is 3.06. The fourth-order valence-corrected chi connectivity index (χ4v) is 2.00. The number of nitrogens with zero attached hydrogens (tertiary/aromatic N) is 2. The molecule has 3 N–H and O–H groups in total. The molecule has 0 saturated heterocycles. The van der Waals surface area contributed by atoms with E-state index in [2.05, 4.69) is 15.5 Å². The highest BCUT2D eigenvalue weighted by molar-refractivity contribution is 7.80. The summed E-state index contributed by atoms with van der Waals surface area (Å²) in [6.45, 7) is 0. The average molecular weight is 296 g/mol. The van der Waals surface area contributed by atoms with E-state index in [-0.39, 0.29) is 5.11 Å². The molecule has 21 heavy (non-hydrogen) atoms. The van der Waals surface area contributed by atoms with Crippen molar-refractivity contribution in [1.82, 2.24) is 10.1 Å². The van der Waals surface area contributed by atoms with Crippen molar-refractivity contribution in [2.24, 2.45) is 5.73 Å². The van der Waals surface area contributed by atoms with Crippen molar-refractivity contribution in [1.29, 1.82) is 0 Å². The summed E-state index contributed by atoms with van der Waals surface area (Å²) < 4.78 is 5.29. The van der Waals surface area contributed by atoms with Crippen molar-refractivity contribution < 1.29 is 4.52 Å². The van der Waals surface area contributed by atoms with Crippen molar-refractivity contribution in [3.63, 3.8) is 0 Å². The highest BCUT2D eigenvalue weighted by atomic mass is 32.1. The Kier molecular flexibility index (Phi) is 3.61. The maximum atomic E-state index is 5.42. The van der Waals surface area contributed by atoms with Crippen LogP contribution in [-0.4, -0.2) is 15.3 Å². The zero-order valence-corrected chi connectivity index (χ0v) is 11.8. The van der Waals surface area contributed by atoms with Gasteiger partial charge in [0.15, 0.2) is 5.11 Å². The fraction of sp³-hybridized carbons (Fsp3) is 0. The van der Waals surface area contributed by atoms with Gasteiger partial charge in [0, 0.05) is 16.8 Å². The van der Waals surface area contributed by atoms with Gasteiger partial charge in [-0.15, -0.1) is 0 Å². The standard InChI is InChI=1S/C15H12N4OS/c16-15(21)17-12-8-6-11(7-9-12)14-18-13(19-20-14)10-4-2-1-3-5-10/h1-9H,(H3,16,17,21). The second-order valence-corrected chi connectivity index (χ2v) is 4.80. The zero-order valence-electron chi connectivity index (χ0n) is 11.0. The number of anilines is 1. The largest absolute Gasteiger partial charge is 0.376 e. The molecule has 0 radical (unpaired) electrons. The Morgan fingerprint density at radius 1 is 1.00 bits per heavy atom. The molecule has 5 nitrogen and oxygen atoms in total. The molecule has 104 valence electrons. The third kappa shape index (κ3) is 3.06. The molecule has 3 rings (SSSR count). The second kappa shape index (κ2) is 5.72. The smallest absolute Gasteiger partial charge is 0.258 e. The quantitative estimate of drug-likeness (QED) is 0.723. The first-order chi connectivity index (χ1) is 10.2. The lowest BCUT2D eigenvalue weighted by Crippen LogP contribution is -2.18. The molecular formula is C15H12N4OS. The van der Waals surface area contributed by atoms with Crippen LogP contribution in [-0.2, 0) is 0 Å². The van der Waals surface area contributed by atoms with Gasteiger partial charge in [-0.3, -0.25) is 0 Å². The van der Waals surface area contributed by atoms with Crippen LogP contribution in [0.1, 0.15) is 0 Å². The van der Waals surface area contributed by atoms with E-state index < -0.39 is 0 Å². The number of hydrogen-bond acceptors (Lipinski definition) is 4. The highest BCUT2D eigenvalue weighted by Crippen LogP contribution is 2.23. The first-order valence-corrected chi connectivity index (χ1v) is 6.69. The van der Waals surface area contributed by atoms with Gasteiger partial charge in [-0.1, -0.05) is 35.5 Å². The minimum atomic E-state index is 0.229. The minimum absolute atomic E-state index is 0.229. The van der Waals surface area contributed by atoms with Crippen molar-refractivity contribution in [3.05, 3.63) is 54.6 Å². The first-order valence-electron chi connectivity index (χ1n) is 6.28. The van der Waals surface area contributed by atoms with Crippen LogP contribution in [0.3, 0.4) is 0 Å². The summed E-state index contributed by atoms with van der Waals surface area (Å²) in [7, 11) is 0. The summed E-state index contributed by atoms with van der Waals surface area (Å²) in [6, 6.07) is 17.1. The molecule has 0 atom stereocenters.